The second-order valence-corrected chi connectivity index (χ2v) is 5.58. The van der Waals surface area contributed by atoms with Gasteiger partial charge in [0.15, 0.2) is 5.96 Å². The summed E-state index contributed by atoms with van der Waals surface area (Å²) in [5, 5.41) is 7.03. The maximum Gasteiger partial charge on any atom is 0.191 e. The minimum atomic E-state index is -0.186. The Morgan fingerprint density at radius 3 is 2.84 bits per heavy atom. The first-order valence-corrected chi connectivity index (χ1v) is 7.66. The molecule has 1 aromatic carbocycles. The summed E-state index contributed by atoms with van der Waals surface area (Å²) in [6.07, 6.45) is 2.86. The predicted octanol–water partition coefficient (Wildman–Crippen LogP) is 2.28. The molecule has 0 heterocycles. The first kappa shape index (κ1) is 15.8. The van der Waals surface area contributed by atoms with Gasteiger partial charge in [0.2, 0.25) is 0 Å². The van der Waals surface area contributed by atoms with Crippen LogP contribution in [0.4, 0.5) is 4.39 Å². The van der Waals surface area contributed by atoms with Gasteiger partial charge in [0.05, 0.1) is 0 Å². The van der Waals surface area contributed by atoms with Gasteiger partial charge >= 0.3 is 0 Å². The van der Waals surface area contributed by atoms with Gasteiger partial charge in [-0.3, -0.25) is 4.99 Å². The van der Waals surface area contributed by atoms with Crippen molar-refractivity contribution < 1.29 is 4.39 Å². The lowest BCUT2D eigenvalue weighted by molar-refractivity contribution is 0.625. The molecular weight excluding hydrogens is 261 g/mol. The summed E-state index contributed by atoms with van der Waals surface area (Å²) >= 11 is 1.81. The maximum atomic E-state index is 13.0. The number of hydrogen-bond acceptors (Lipinski definition) is 2. The van der Waals surface area contributed by atoms with Crippen LogP contribution in [-0.4, -0.2) is 37.6 Å². The van der Waals surface area contributed by atoms with Gasteiger partial charge < -0.3 is 10.6 Å². The van der Waals surface area contributed by atoms with Crippen molar-refractivity contribution in [2.45, 2.75) is 18.6 Å². The van der Waals surface area contributed by atoms with E-state index in [1.54, 1.807) is 19.2 Å². The van der Waals surface area contributed by atoms with E-state index in [0.29, 0.717) is 5.25 Å². The molecule has 0 aliphatic heterocycles. The van der Waals surface area contributed by atoms with Crippen LogP contribution >= 0.6 is 11.8 Å². The molecule has 0 saturated carbocycles. The van der Waals surface area contributed by atoms with Crippen molar-refractivity contribution in [2.24, 2.45) is 4.99 Å². The Labute approximate surface area is 119 Å². The predicted molar refractivity (Wildman–Crippen MR) is 82.4 cm³/mol. The highest BCUT2D eigenvalue weighted by molar-refractivity contribution is 7.99. The third kappa shape index (κ3) is 6.47. The van der Waals surface area contributed by atoms with Gasteiger partial charge in [-0.05, 0) is 30.4 Å². The first-order chi connectivity index (χ1) is 9.15. The van der Waals surface area contributed by atoms with E-state index < -0.39 is 0 Å². The van der Waals surface area contributed by atoms with Gasteiger partial charge in [-0.1, -0.05) is 19.1 Å². The Hall–Kier alpha value is -1.23. The molecule has 0 amide bonds. The molecule has 106 valence electrons. The summed E-state index contributed by atoms with van der Waals surface area (Å²) in [6.45, 7) is 3.77. The molecule has 0 spiro atoms. The molecule has 1 atom stereocenters. The first-order valence-electron chi connectivity index (χ1n) is 6.37. The van der Waals surface area contributed by atoms with Gasteiger partial charge in [0.25, 0.3) is 0 Å². The monoisotopic (exact) mass is 283 g/mol. The summed E-state index contributed by atoms with van der Waals surface area (Å²) in [5.41, 5.74) is 0.987. The van der Waals surface area contributed by atoms with Crippen LogP contribution < -0.4 is 10.6 Å². The average Bonchev–Trinajstić information content (AvgIpc) is 2.42. The number of rotatable bonds is 6. The van der Waals surface area contributed by atoms with Crippen molar-refractivity contribution in [3.05, 3.63) is 35.6 Å². The van der Waals surface area contributed by atoms with Crippen LogP contribution in [0, 0.1) is 5.82 Å². The lowest BCUT2D eigenvalue weighted by atomic mass is 10.1. The molecule has 5 heteroatoms. The van der Waals surface area contributed by atoms with Gasteiger partial charge in [-0.15, -0.1) is 0 Å². The van der Waals surface area contributed by atoms with Gasteiger partial charge in [0, 0.05) is 25.4 Å². The highest BCUT2D eigenvalue weighted by Crippen LogP contribution is 2.04. The van der Waals surface area contributed by atoms with Crippen LogP contribution in [0.25, 0.3) is 0 Å². The highest BCUT2D eigenvalue weighted by atomic mass is 32.2. The molecule has 1 rings (SSSR count). The van der Waals surface area contributed by atoms with Crippen molar-refractivity contribution in [3.8, 4) is 0 Å². The number of nitrogens with zero attached hydrogens (tertiary/aromatic N) is 1. The summed E-state index contributed by atoms with van der Waals surface area (Å²) < 4.78 is 13.0. The molecule has 0 aromatic heterocycles. The van der Waals surface area contributed by atoms with E-state index in [2.05, 4.69) is 28.8 Å². The highest BCUT2D eigenvalue weighted by Gasteiger charge is 2.02. The molecule has 3 nitrogen and oxygen atoms in total. The summed E-state index contributed by atoms with van der Waals surface area (Å²) in [4.78, 5) is 4.15. The second kappa shape index (κ2) is 8.80. The smallest absolute Gasteiger partial charge is 0.191 e. The lowest BCUT2D eigenvalue weighted by Gasteiger charge is -2.14. The Kier molecular flexibility index (Phi) is 7.33. The molecule has 2 N–H and O–H groups in total. The zero-order chi connectivity index (χ0) is 14.1. The van der Waals surface area contributed by atoms with Crippen molar-refractivity contribution in [2.75, 3.05) is 26.4 Å². The fraction of sp³-hybridized carbons (Fsp3) is 0.500. The van der Waals surface area contributed by atoms with E-state index in [1.165, 1.54) is 6.07 Å². The van der Waals surface area contributed by atoms with Crippen LogP contribution in [0.1, 0.15) is 12.5 Å². The molecule has 0 radical (unpaired) electrons. The topological polar surface area (TPSA) is 36.4 Å². The van der Waals surface area contributed by atoms with Crippen molar-refractivity contribution >= 4 is 17.7 Å². The van der Waals surface area contributed by atoms with Crippen LogP contribution in [0.15, 0.2) is 29.3 Å². The largest absolute Gasteiger partial charge is 0.356 e. The normalized spacial score (nSPS) is 13.2. The Morgan fingerprint density at radius 2 is 2.21 bits per heavy atom. The Bertz CT molecular complexity index is 409. The lowest BCUT2D eigenvalue weighted by Crippen LogP contribution is -2.40. The number of aliphatic imine (C=N–C) groups is 1. The Balaban J connectivity index is 2.30. The number of hydrogen-bond donors (Lipinski definition) is 2. The zero-order valence-electron chi connectivity index (χ0n) is 11.7. The number of thioether (sulfide) groups is 1. The van der Waals surface area contributed by atoms with Gasteiger partial charge in [-0.25, -0.2) is 4.39 Å². The quantitative estimate of drug-likeness (QED) is 0.621. The number of nitrogens with one attached hydrogen (secondary N) is 2. The molecule has 0 bridgehead atoms. The van der Waals surface area contributed by atoms with Crippen molar-refractivity contribution in [1.29, 1.82) is 0 Å². The zero-order valence-corrected chi connectivity index (χ0v) is 12.6. The number of guanidine groups is 1. The molecule has 0 saturated heterocycles. The fourth-order valence-corrected chi connectivity index (χ4v) is 1.81. The van der Waals surface area contributed by atoms with Crippen molar-refractivity contribution in [3.63, 3.8) is 0 Å². The molecule has 1 aromatic rings. The van der Waals surface area contributed by atoms with Crippen LogP contribution in [0.2, 0.25) is 0 Å². The summed E-state index contributed by atoms with van der Waals surface area (Å²) in [5.74, 6) is 0.603. The van der Waals surface area contributed by atoms with E-state index in [-0.39, 0.29) is 5.82 Å². The minimum absolute atomic E-state index is 0.186. The third-order valence-corrected chi connectivity index (χ3v) is 3.75. The summed E-state index contributed by atoms with van der Waals surface area (Å²) in [6, 6.07) is 6.68. The number of halogens is 1. The van der Waals surface area contributed by atoms with Crippen LogP contribution in [-0.2, 0) is 6.42 Å². The second-order valence-electron chi connectivity index (χ2n) is 4.31. The van der Waals surface area contributed by atoms with E-state index in [9.17, 15) is 4.39 Å². The third-order valence-electron chi connectivity index (χ3n) is 2.78. The maximum absolute atomic E-state index is 13.0. The average molecular weight is 283 g/mol. The van der Waals surface area contributed by atoms with Crippen molar-refractivity contribution in [1.82, 2.24) is 10.6 Å². The van der Waals surface area contributed by atoms with Gasteiger partial charge in [0.1, 0.15) is 5.82 Å². The van der Waals surface area contributed by atoms with E-state index in [4.69, 9.17) is 0 Å². The minimum Gasteiger partial charge on any atom is -0.356 e. The Morgan fingerprint density at radius 1 is 1.42 bits per heavy atom. The fourth-order valence-electron chi connectivity index (χ4n) is 1.56. The van der Waals surface area contributed by atoms with Crippen LogP contribution in [0.5, 0.6) is 0 Å². The van der Waals surface area contributed by atoms with Crippen LogP contribution in [0.3, 0.4) is 0 Å². The molecular formula is C14H22FN3S. The van der Waals surface area contributed by atoms with E-state index >= 15 is 0 Å². The molecule has 0 fully saturated rings. The molecule has 0 aliphatic carbocycles. The molecule has 0 aliphatic rings. The summed E-state index contributed by atoms with van der Waals surface area (Å²) in [7, 11) is 1.75. The standard InChI is InChI=1S/C14H22FN3S/c1-11(19-3)10-18-14(16-2)17-8-7-12-5-4-6-13(15)9-12/h4-6,9,11H,7-8,10H2,1-3H3,(H2,16,17,18). The van der Waals surface area contributed by atoms with E-state index in [0.717, 1.165) is 31.0 Å². The molecule has 1 unspecified atom stereocenters. The number of benzene rings is 1. The molecule has 19 heavy (non-hydrogen) atoms. The van der Waals surface area contributed by atoms with E-state index in [1.807, 2.05) is 17.8 Å². The SMILES string of the molecule is CN=C(NCCc1cccc(F)c1)NCC(C)SC. The van der Waals surface area contributed by atoms with Gasteiger partial charge in [-0.2, -0.15) is 11.8 Å².